The summed E-state index contributed by atoms with van der Waals surface area (Å²) in [5.74, 6) is -0.142. The number of hydrogen-bond donors (Lipinski definition) is 1. The molecule has 1 amide bonds. The molecule has 3 rings (SSSR count). The van der Waals surface area contributed by atoms with Gasteiger partial charge in [0.25, 0.3) is 5.91 Å². The van der Waals surface area contributed by atoms with E-state index in [2.05, 4.69) is 4.98 Å². The van der Waals surface area contributed by atoms with Crippen LogP contribution in [0.5, 0.6) is 0 Å². The summed E-state index contributed by atoms with van der Waals surface area (Å²) in [4.78, 5) is 17.6. The van der Waals surface area contributed by atoms with Crippen LogP contribution in [0.25, 0.3) is 10.9 Å². The summed E-state index contributed by atoms with van der Waals surface area (Å²) in [6.45, 7) is 1.02. The number of hydrogen-bond acceptors (Lipinski definition) is 3. The number of benzene rings is 1. The van der Waals surface area contributed by atoms with Gasteiger partial charge < -0.3 is 9.88 Å². The number of carbonyl (C=O) groups excluding carboxylic acids is 1. The van der Waals surface area contributed by atoms with E-state index in [4.69, 9.17) is 11.6 Å². The maximum absolute atomic E-state index is 12.7. The van der Waals surface area contributed by atoms with Crippen molar-refractivity contribution in [3.05, 3.63) is 35.0 Å². The predicted molar refractivity (Wildman–Crippen MR) is 94.8 cm³/mol. The predicted octanol–water partition coefficient (Wildman–Crippen LogP) is 2.32. The Kier molecular flexibility index (Phi) is 4.59. The first-order chi connectivity index (χ1) is 11.3. The molecule has 1 saturated heterocycles. The largest absolute Gasteiger partial charge is 0.349 e. The molecular formula is C16H20ClN3O3S. The van der Waals surface area contributed by atoms with Crippen molar-refractivity contribution in [2.75, 3.05) is 26.4 Å². The Morgan fingerprint density at radius 1 is 1.29 bits per heavy atom. The average molecular weight is 370 g/mol. The fourth-order valence-corrected chi connectivity index (χ4v) is 4.16. The average Bonchev–Trinajstić information content (AvgIpc) is 2.90. The second-order valence-corrected chi connectivity index (χ2v) is 8.58. The van der Waals surface area contributed by atoms with Crippen molar-refractivity contribution in [1.29, 1.82) is 0 Å². The van der Waals surface area contributed by atoms with Gasteiger partial charge in [-0.15, -0.1) is 0 Å². The summed E-state index contributed by atoms with van der Waals surface area (Å²) >= 11 is 6.34. The molecule has 1 N–H and O–H groups in total. The van der Waals surface area contributed by atoms with Crippen molar-refractivity contribution in [2.45, 2.75) is 18.9 Å². The molecule has 1 fully saturated rings. The fraction of sp³-hybridized carbons (Fsp3) is 0.438. The Balaban J connectivity index is 1.74. The highest BCUT2D eigenvalue weighted by atomic mass is 35.5. The van der Waals surface area contributed by atoms with Crippen molar-refractivity contribution in [3.8, 4) is 0 Å². The summed E-state index contributed by atoms with van der Waals surface area (Å²) in [6, 6.07) is 7.45. The zero-order chi connectivity index (χ0) is 17.5. The molecule has 8 heteroatoms. The van der Waals surface area contributed by atoms with Gasteiger partial charge in [0.1, 0.15) is 5.69 Å². The molecule has 2 heterocycles. The third-order valence-electron chi connectivity index (χ3n) is 4.65. The molecule has 1 aliphatic heterocycles. The Morgan fingerprint density at radius 2 is 1.92 bits per heavy atom. The third-order valence-corrected chi connectivity index (χ3v) is 6.38. The van der Waals surface area contributed by atoms with Crippen molar-refractivity contribution in [2.24, 2.45) is 0 Å². The molecule has 0 spiro atoms. The van der Waals surface area contributed by atoms with Crippen LogP contribution >= 0.6 is 11.6 Å². The van der Waals surface area contributed by atoms with Crippen LogP contribution in [0.3, 0.4) is 0 Å². The molecule has 1 aromatic heterocycles. The van der Waals surface area contributed by atoms with Gasteiger partial charge >= 0.3 is 0 Å². The van der Waals surface area contributed by atoms with Crippen LogP contribution < -0.4 is 0 Å². The quantitative estimate of drug-likeness (QED) is 0.902. The van der Waals surface area contributed by atoms with Gasteiger partial charge in [-0.1, -0.05) is 29.8 Å². The number of halogens is 1. The minimum atomic E-state index is -3.21. The van der Waals surface area contributed by atoms with E-state index in [9.17, 15) is 13.2 Å². The summed E-state index contributed by atoms with van der Waals surface area (Å²) in [7, 11) is -1.62. The maximum atomic E-state index is 12.7. The molecule has 0 unspecified atom stereocenters. The highest BCUT2D eigenvalue weighted by Crippen LogP contribution is 2.29. The summed E-state index contributed by atoms with van der Waals surface area (Å²) in [6.07, 6.45) is 2.44. The van der Waals surface area contributed by atoms with Gasteiger partial charge in [0.15, 0.2) is 0 Å². The number of piperidine rings is 1. The van der Waals surface area contributed by atoms with Crippen LogP contribution in [-0.2, 0) is 10.0 Å². The van der Waals surface area contributed by atoms with E-state index < -0.39 is 10.0 Å². The lowest BCUT2D eigenvalue weighted by molar-refractivity contribution is 0.0681. The normalized spacial score (nSPS) is 16.9. The number of rotatable bonds is 3. The minimum Gasteiger partial charge on any atom is -0.349 e. The van der Waals surface area contributed by atoms with E-state index in [1.165, 1.54) is 10.6 Å². The van der Waals surface area contributed by atoms with E-state index in [1.54, 1.807) is 11.9 Å². The topological polar surface area (TPSA) is 73.5 Å². The number of nitrogens with zero attached hydrogens (tertiary/aromatic N) is 2. The molecule has 6 nitrogen and oxygen atoms in total. The maximum Gasteiger partial charge on any atom is 0.271 e. The van der Waals surface area contributed by atoms with Crippen molar-refractivity contribution in [1.82, 2.24) is 14.2 Å². The molecule has 2 aromatic rings. The molecule has 0 radical (unpaired) electrons. The number of carbonyl (C=O) groups is 1. The van der Waals surface area contributed by atoms with Crippen molar-refractivity contribution in [3.63, 3.8) is 0 Å². The first kappa shape index (κ1) is 17.3. The van der Waals surface area contributed by atoms with E-state index in [0.29, 0.717) is 36.6 Å². The Labute approximate surface area is 146 Å². The van der Waals surface area contributed by atoms with E-state index in [1.807, 2.05) is 24.3 Å². The van der Waals surface area contributed by atoms with E-state index in [-0.39, 0.29) is 11.9 Å². The van der Waals surface area contributed by atoms with Crippen LogP contribution in [0.4, 0.5) is 0 Å². The Bertz CT molecular complexity index is 870. The SMILES string of the molecule is CN(C1CCN(C(=O)c2[nH]c3ccccc3c2Cl)CC1)S(C)(=O)=O. The number of likely N-dealkylation sites (tertiary alicyclic amines) is 1. The number of nitrogens with one attached hydrogen (secondary N) is 1. The van der Waals surface area contributed by atoms with Crippen LogP contribution in [0.2, 0.25) is 5.02 Å². The monoisotopic (exact) mass is 369 g/mol. The fourth-order valence-electron chi connectivity index (χ4n) is 3.12. The molecule has 1 aromatic carbocycles. The van der Waals surface area contributed by atoms with Crippen molar-refractivity contribution >= 4 is 38.4 Å². The molecule has 0 saturated carbocycles. The summed E-state index contributed by atoms with van der Waals surface area (Å²) in [5, 5.41) is 1.26. The van der Waals surface area contributed by atoms with Crippen LogP contribution in [0.15, 0.2) is 24.3 Å². The highest BCUT2D eigenvalue weighted by Gasteiger charge is 2.30. The Hall–Kier alpha value is -1.57. The number of aromatic amines is 1. The number of aromatic nitrogens is 1. The minimum absolute atomic E-state index is 0.0674. The number of para-hydroxylation sites is 1. The van der Waals surface area contributed by atoms with Gasteiger partial charge in [0, 0.05) is 37.1 Å². The van der Waals surface area contributed by atoms with Crippen LogP contribution in [-0.4, -0.2) is 60.9 Å². The lowest BCUT2D eigenvalue weighted by Gasteiger charge is -2.35. The van der Waals surface area contributed by atoms with Gasteiger partial charge in [-0.3, -0.25) is 4.79 Å². The second-order valence-electron chi connectivity index (χ2n) is 6.16. The highest BCUT2D eigenvalue weighted by molar-refractivity contribution is 7.88. The lowest BCUT2D eigenvalue weighted by atomic mass is 10.1. The van der Waals surface area contributed by atoms with Gasteiger partial charge in [0.05, 0.1) is 11.3 Å². The molecule has 1 aliphatic rings. The zero-order valence-corrected chi connectivity index (χ0v) is 15.2. The molecule has 0 bridgehead atoms. The molecule has 24 heavy (non-hydrogen) atoms. The number of amides is 1. The lowest BCUT2D eigenvalue weighted by Crippen LogP contribution is -2.47. The van der Waals surface area contributed by atoms with E-state index >= 15 is 0 Å². The first-order valence-electron chi connectivity index (χ1n) is 7.77. The Morgan fingerprint density at radius 3 is 2.50 bits per heavy atom. The first-order valence-corrected chi connectivity index (χ1v) is 10.00. The molecule has 0 aliphatic carbocycles. The summed E-state index contributed by atoms with van der Waals surface area (Å²) in [5.41, 5.74) is 1.23. The van der Waals surface area contributed by atoms with Gasteiger partial charge in [0.2, 0.25) is 10.0 Å². The third kappa shape index (κ3) is 3.16. The zero-order valence-electron chi connectivity index (χ0n) is 13.6. The van der Waals surface area contributed by atoms with Gasteiger partial charge in [-0.05, 0) is 18.9 Å². The van der Waals surface area contributed by atoms with Gasteiger partial charge in [-0.25, -0.2) is 12.7 Å². The second kappa shape index (κ2) is 6.38. The molecular weight excluding hydrogens is 350 g/mol. The van der Waals surface area contributed by atoms with Crippen molar-refractivity contribution < 1.29 is 13.2 Å². The summed E-state index contributed by atoms with van der Waals surface area (Å²) < 4.78 is 24.7. The number of fused-ring (bicyclic) bond motifs is 1. The molecule has 0 atom stereocenters. The standard InChI is InChI=1S/C16H20ClN3O3S/c1-19(24(2,22)23)11-7-9-20(10-8-11)16(21)15-14(17)12-5-3-4-6-13(12)18-15/h3-6,11,18H,7-10H2,1-2H3. The smallest absolute Gasteiger partial charge is 0.271 e. The van der Waals surface area contributed by atoms with Crippen LogP contribution in [0, 0.1) is 0 Å². The number of sulfonamides is 1. The van der Waals surface area contributed by atoms with Crippen LogP contribution in [0.1, 0.15) is 23.3 Å². The molecule has 130 valence electrons. The number of H-pyrrole nitrogens is 1. The van der Waals surface area contributed by atoms with Gasteiger partial charge in [-0.2, -0.15) is 0 Å². The van der Waals surface area contributed by atoms with E-state index in [0.717, 1.165) is 10.9 Å².